The lowest BCUT2D eigenvalue weighted by Crippen LogP contribution is -3.05. The van der Waals surface area contributed by atoms with E-state index in [0.717, 1.165) is 19.5 Å². The summed E-state index contributed by atoms with van der Waals surface area (Å²) in [5.41, 5.74) is 0.594. The van der Waals surface area contributed by atoms with Crippen molar-refractivity contribution in [2.45, 2.75) is 6.42 Å². The number of thiocarbonyl (C=S) groups is 1. The lowest BCUT2D eigenvalue weighted by Gasteiger charge is -2.12. The van der Waals surface area contributed by atoms with E-state index >= 15 is 0 Å². The molecule has 0 radical (unpaired) electrons. The summed E-state index contributed by atoms with van der Waals surface area (Å²) in [5, 5.41) is 20.7. The molecular weight excluding hydrogens is 302 g/mol. The van der Waals surface area contributed by atoms with Crippen molar-refractivity contribution in [3.63, 3.8) is 0 Å². The maximum Gasteiger partial charge on any atom is 0.292 e. The first-order valence-electron chi connectivity index (χ1n) is 7.28. The Bertz CT molecular complexity index is 496. The van der Waals surface area contributed by atoms with Crippen LogP contribution in [0.25, 0.3) is 0 Å². The van der Waals surface area contributed by atoms with Crippen molar-refractivity contribution in [1.29, 1.82) is 0 Å². The van der Waals surface area contributed by atoms with Crippen LogP contribution in [0.15, 0.2) is 24.3 Å². The topological polar surface area (TPSA) is 83.7 Å². The minimum absolute atomic E-state index is 0.0781. The third-order valence-electron chi connectivity index (χ3n) is 2.97. The number of benzene rings is 1. The highest BCUT2D eigenvalue weighted by Gasteiger charge is 2.11. The molecule has 0 unspecified atom stereocenters. The van der Waals surface area contributed by atoms with Gasteiger partial charge < -0.3 is 20.9 Å². The Morgan fingerprint density at radius 3 is 2.59 bits per heavy atom. The molecule has 1 rings (SSSR count). The standard InChI is InChI=1S/C14H23N5O2S/c1-18(2)11-5-8-16-14(22)17-10-9-15-12-6-3-4-7-13(12)19(20)21/h3-4,6-7,15H,5,8-11H2,1-2H3,(H2,16,17,22)/p+1. The van der Waals surface area contributed by atoms with Crippen LogP contribution in [0.3, 0.4) is 0 Å². The third kappa shape index (κ3) is 7.19. The first-order chi connectivity index (χ1) is 10.5. The molecule has 0 saturated heterocycles. The molecule has 1 aromatic carbocycles. The van der Waals surface area contributed by atoms with E-state index in [0.29, 0.717) is 23.9 Å². The first kappa shape index (κ1) is 18.1. The maximum atomic E-state index is 10.9. The van der Waals surface area contributed by atoms with Crippen LogP contribution in [-0.2, 0) is 0 Å². The van der Waals surface area contributed by atoms with Gasteiger partial charge in [0.25, 0.3) is 5.69 Å². The minimum Gasteiger partial charge on any atom is -0.378 e. The van der Waals surface area contributed by atoms with Gasteiger partial charge in [-0.15, -0.1) is 0 Å². The van der Waals surface area contributed by atoms with Gasteiger partial charge in [-0.1, -0.05) is 12.1 Å². The molecule has 0 aliphatic carbocycles. The van der Waals surface area contributed by atoms with Gasteiger partial charge in [-0.2, -0.15) is 0 Å². The number of hydrogen-bond acceptors (Lipinski definition) is 4. The van der Waals surface area contributed by atoms with Crippen LogP contribution in [0.2, 0.25) is 0 Å². The second kappa shape index (κ2) is 9.91. The van der Waals surface area contributed by atoms with E-state index in [9.17, 15) is 10.1 Å². The number of quaternary nitrogens is 1. The molecule has 122 valence electrons. The van der Waals surface area contributed by atoms with Gasteiger partial charge >= 0.3 is 0 Å². The molecule has 8 heteroatoms. The largest absolute Gasteiger partial charge is 0.378 e. The number of nitro benzene ring substituents is 1. The van der Waals surface area contributed by atoms with Gasteiger partial charge in [-0.25, -0.2) is 0 Å². The van der Waals surface area contributed by atoms with Crippen molar-refractivity contribution < 1.29 is 9.82 Å². The first-order valence-corrected chi connectivity index (χ1v) is 7.69. The average molecular weight is 326 g/mol. The highest BCUT2D eigenvalue weighted by Crippen LogP contribution is 2.22. The Balaban J connectivity index is 2.20. The number of nitrogens with zero attached hydrogens (tertiary/aromatic N) is 1. The lowest BCUT2D eigenvalue weighted by atomic mass is 10.2. The molecule has 0 atom stereocenters. The van der Waals surface area contributed by atoms with E-state index in [1.165, 1.54) is 11.0 Å². The Labute approximate surface area is 136 Å². The van der Waals surface area contributed by atoms with Gasteiger partial charge in [-0.05, 0) is 18.3 Å². The molecule has 0 spiro atoms. The van der Waals surface area contributed by atoms with E-state index in [-0.39, 0.29) is 5.69 Å². The Morgan fingerprint density at radius 1 is 1.23 bits per heavy atom. The second-order valence-corrected chi connectivity index (χ2v) is 5.60. The molecule has 0 saturated carbocycles. The van der Waals surface area contributed by atoms with Gasteiger partial charge in [0.05, 0.1) is 25.6 Å². The smallest absolute Gasteiger partial charge is 0.292 e. The molecule has 7 nitrogen and oxygen atoms in total. The van der Waals surface area contributed by atoms with Crippen molar-refractivity contribution in [2.75, 3.05) is 45.6 Å². The van der Waals surface area contributed by atoms with Crippen LogP contribution >= 0.6 is 12.2 Å². The maximum absolute atomic E-state index is 10.9. The van der Waals surface area contributed by atoms with E-state index in [2.05, 4.69) is 30.0 Å². The van der Waals surface area contributed by atoms with Gasteiger partial charge in [0, 0.05) is 32.1 Å². The summed E-state index contributed by atoms with van der Waals surface area (Å²) in [6.45, 7) is 3.08. The third-order valence-corrected chi connectivity index (χ3v) is 3.25. The van der Waals surface area contributed by atoms with Crippen LogP contribution in [0, 0.1) is 10.1 Å². The van der Waals surface area contributed by atoms with E-state index < -0.39 is 4.92 Å². The highest BCUT2D eigenvalue weighted by molar-refractivity contribution is 7.80. The molecule has 0 heterocycles. The molecule has 0 aromatic heterocycles. The van der Waals surface area contributed by atoms with Gasteiger partial charge in [0.1, 0.15) is 5.69 Å². The number of anilines is 1. The molecule has 0 bridgehead atoms. The summed E-state index contributed by atoms with van der Waals surface area (Å²) < 4.78 is 0. The normalized spacial score (nSPS) is 10.3. The average Bonchev–Trinajstić information content (AvgIpc) is 2.48. The Morgan fingerprint density at radius 2 is 1.91 bits per heavy atom. The molecule has 1 aromatic rings. The zero-order chi connectivity index (χ0) is 16.4. The molecule has 0 aliphatic heterocycles. The van der Waals surface area contributed by atoms with Crippen molar-refractivity contribution in [3.8, 4) is 0 Å². The summed E-state index contributed by atoms with van der Waals surface area (Å²) in [6.07, 6.45) is 1.05. The van der Waals surface area contributed by atoms with Crippen molar-refractivity contribution >= 4 is 28.7 Å². The SMILES string of the molecule is C[NH+](C)CCCNC(=S)NCCNc1ccccc1[N+](=O)[O-]. The summed E-state index contributed by atoms with van der Waals surface area (Å²) >= 11 is 5.17. The quantitative estimate of drug-likeness (QED) is 0.221. The number of nitrogens with one attached hydrogen (secondary N) is 4. The molecule has 0 aliphatic rings. The molecular formula is C14H24N5O2S+. The van der Waals surface area contributed by atoms with Gasteiger partial charge in [0.2, 0.25) is 0 Å². The van der Waals surface area contributed by atoms with Crippen molar-refractivity contribution in [3.05, 3.63) is 34.4 Å². The fourth-order valence-electron chi connectivity index (χ4n) is 1.86. The van der Waals surface area contributed by atoms with Crippen LogP contribution in [0.4, 0.5) is 11.4 Å². The number of nitro groups is 1. The molecule has 22 heavy (non-hydrogen) atoms. The van der Waals surface area contributed by atoms with E-state index in [4.69, 9.17) is 12.2 Å². The lowest BCUT2D eigenvalue weighted by molar-refractivity contribution is -0.858. The molecule has 0 amide bonds. The molecule has 4 N–H and O–H groups in total. The second-order valence-electron chi connectivity index (χ2n) is 5.19. The molecule has 0 fully saturated rings. The highest BCUT2D eigenvalue weighted by atomic mass is 32.1. The van der Waals surface area contributed by atoms with Crippen LogP contribution in [0.5, 0.6) is 0 Å². The number of hydrogen-bond donors (Lipinski definition) is 4. The summed E-state index contributed by atoms with van der Waals surface area (Å²) in [7, 11) is 4.23. The minimum atomic E-state index is -0.394. The summed E-state index contributed by atoms with van der Waals surface area (Å²) in [4.78, 5) is 11.9. The van der Waals surface area contributed by atoms with E-state index in [1.807, 2.05) is 0 Å². The van der Waals surface area contributed by atoms with Crippen LogP contribution in [-0.4, -0.2) is 50.3 Å². The van der Waals surface area contributed by atoms with Crippen LogP contribution < -0.4 is 20.9 Å². The van der Waals surface area contributed by atoms with Gasteiger partial charge in [0.15, 0.2) is 5.11 Å². The van der Waals surface area contributed by atoms with E-state index in [1.54, 1.807) is 18.2 Å². The number of rotatable bonds is 9. The number of para-hydroxylation sites is 2. The monoisotopic (exact) mass is 326 g/mol. The summed E-state index contributed by atoms with van der Waals surface area (Å²) in [5.74, 6) is 0. The zero-order valence-electron chi connectivity index (χ0n) is 13.0. The summed E-state index contributed by atoms with van der Waals surface area (Å²) in [6, 6.07) is 6.59. The Hall–Kier alpha value is -1.93. The fraction of sp³-hybridized carbons (Fsp3) is 0.500. The predicted octanol–water partition coefficient (Wildman–Crippen LogP) is 0.00540. The van der Waals surface area contributed by atoms with Crippen molar-refractivity contribution in [1.82, 2.24) is 10.6 Å². The fourth-order valence-corrected chi connectivity index (χ4v) is 2.07. The van der Waals surface area contributed by atoms with Crippen molar-refractivity contribution in [2.24, 2.45) is 0 Å². The Kier molecular flexibility index (Phi) is 8.16. The van der Waals surface area contributed by atoms with Gasteiger partial charge in [-0.3, -0.25) is 10.1 Å². The zero-order valence-corrected chi connectivity index (χ0v) is 13.8. The predicted molar refractivity (Wildman–Crippen MR) is 92.5 cm³/mol. The van der Waals surface area contributed by atoms with Crippen LogP contribution in [0.1, 0.15) is 6.42 Å².